The molecule has 0 saturated heterocycles. The molecule has 3 aromatic carbocycles. The highest BCUT2D eigenvalue weighted by Gasteiger charge is 2.09. The van der Waals surface area contributed by atoms with Gasteiger partial charge in [-0.3, -0.25) is 0 Å². The van der Waals surface area contributed by atoms with Crippen LogP contribution in [0, 0.1) is 0 Å². The van der Waals surface area contributed by atoms with Crippen molar-refractivity contribution in [2.75, 3.05) is 10.6 Å². The van der Waals surface area contributed by atoms with Crippen LogP contribution in [-0.4, -0.2) is 9.97 Å². The van der Waals surface area contributed by atoms with Crippen molar-refractivity contribution < 1.29 is 16.8 Å². The highest BCUT2D eigenvalue weighted by atomic mass is 35.5. The van der Waals surface area contributed by atoms with Gasteiger partial charge in [0.15, 0.2) is 0 Å². The Bertz CT molecular complexity index is 1250. The molecule has 0 aliphatic rings. The summed E-state index contributed by atoms with van der Waals surface area (Å²) in [6, 6.07) is 26.2. The third-order valence-corrected chi connectivity index (χ3v) is 4.65. The molecule has 0 unspecified atom stereocenters. The molecule has 0 aliphatic carbocycles. The Morgan fingerprint density at radius 3 is 2.41 bits per heavy atom. The molecular formula is C23H18ClN4O-. The second kappa shape index (κ2) is 8.20. The molecule has 0 spiro atoms. The minimum absolute atomic E-state index is 0. The average molecular weight is 402 g/mol. The van der Waals surface area contributed by atoms with Crippen LogP contribution in [0.1, 0.15) is 5.76 Å². The van der Waals surface area contributed by atoms with E-state index in [1.54, 1.807) is 6.26 Å². The lowest BCUT2D eigenvalue weighted by Crippen LogP contribution is -3.00. The van der Waals surface area contributed by atoms with Crippen LogP contribution in [0.5, 0.6) is 0 Å². The molecule has 0 saturated carbocycles. The van der Waals surface area contributed by atoms with E-state index < -0.39 is 0 Å². The number of nitrogens with one attached hydrogen (secondary N) is 2. The molecule has 5 aromatic rings. The number of aromatic nitrogens is 2. The van der Waals surface area contributed by atoms with Crippen molar-refractivity contribution in [2.45, 2.75) is 6.54 Å². The zero-order valence-corrected chi connectivity index (χ0v) is 16.2. The highest BCUT2D eigenvalue weighted by molar-refractivity contribution is 5.96. The van der Waals surface area contributed by atoms with Crippen LogP contribution in [0.2, 0.25) is 0 Å². The van der Waals surface area contributed by atoms with E-state index in [-0.39, 0.29) is 12.4 Å². The lowest BCUT2D eigenvalue weighted by Gasteiger charge is -2.12. The molecule has 6 heteroatoms. The monoisotopic (exact) mass is 401 g/mol. The maximum Gasteiger partial charge on any atom is 0.229 e. The van der Waals surface area contributed by atoms with Gasteiger partial charge < -0.3 is 27.5 Å². The second-order valence-electron chi connectivity index (χ2n) is 6.50. The number of rotatable bonds is 5. The van der Waals surface area contributed by atoms with Crippen LogP contribution in [0.15, 0.2) is 89.5 Å². The van der Waals surface area contributed by atoms with E-state index in [4.69, 9.17) is 14.4 Å². The van der Waals surface area contributed by atoms with Crippen molar-refractivity contribution in [2.24, 2.45) is 0 Å². The Kier molecular flexibility index (Phi) is 5.31. The van der Waals surface area contributed by atoms with Gasteiger partial charge in [0.1, 0.15) is 11.6 Å². The first-order chi connectivity index (χ1) is 13.9. The number of halogens is 1. The number of furan rings is 1. The summed E-state index contributed by atoms with van der Waals surface area (Å²) in [5.41, 5.74) is 1.85. The predicted molar refractivity (Wildman–Crippen MR) is 113 cm³/mol. The number of para-hydroxylation sites is 1. The van der Waals surface area contributed by atoms with Crippen LogP contribution in [0.4, 0.5) is 17.5 Å². The number of hydrogen-bond donors (Lipinski definition) is 2. The average Bonchev–Trinajstić information content (AvgIpc) is 3.26. The maximum absolute atomic E-state index is 5.42. The Morgan fingerprint density at radius 2 is 1.55 bits per heavy atom. The minimum Gasteiger partial charge on any atom is -1.00 e. The summed E-state index contributed by atoms with van der Waals surface area (Å²) in [5.74, 6) is 2.17. The molecule has 2 heterocycles. The zero-order chi connectivity index (χ0) is 18.8. The summed E-state index contributed by atoms with van der Waals surface area (Å²) in [7, 11) is 0. The smallest absolute Gasteiger partial charge is 0.229 e. The van der Waals surface area contributed by atoms with Crippen molar-refractivity contribution >= 4 is 39.1 Å². The molecule has 5 rings (SSSR count). The van der Waals surface area contributed by atoms with Gasteiger partial charge in [0.2, 0.25) is 5.95 Å². The molecule has 0 aliphatic heterocycles. The standard InChI is InChI=1S/C23H18N4O.ClH/c1-2-10-18-16(7-1)8-5-13-20(18)25-23-26-21-12-4-3-11-19(21)22(27-23)24-15-17-9-6-14-28-17;/h1-14H,15H2,(H2,24,25,26,27);1H/p-1. The number of hydrogen-bond acceptors (Lipinski definition) is 5. The molecule has 5 nitrogen and oxygen atoms in total. The van der Waals surface area contributed by atoms with E-state index in [1.165, 1.54) is 5.39 Å². The zero-order valence-electron chi connectivity index (χ0n) is 15.5. The van der Waals surface area contributed by atoms with E-state index in [0.717, 1.165) is 33.6 Å². The summed E-state index contributed by atoms with van der Waals surface area (Å²) in [6.45, 7) is 0.557. The largest absolute Gasteiger partial charge is 1.00 e. The van der Waals surface area contributed by atoms with Crippen LogP contribution >= 0.6 is 0 Å². The number of fused-ring (bicyclic) bond motifs is 2. The Balaban J connectivity index is 0.00000205. The molecule has 0 fully saturated rings. The first-order valence-corrected chi connectivity index (χ1v) is 9.15. The molecule has 0 bridgehead atoms. The normalized spacial score (nSPS) is 10.6. The highest BCUT2D eigenvalue weighted by Crippen LogP contribution is 2.28. The summed E-state index contributed by atoms with van der Waals surface area (Å²) in [6.07, 6.45) is 1.67. The summed E-state index contributed by atoms with van der Waals surface area (Å²) in [4.78, 5) is 9.42. The van der Waals surface area contributed by atoms with Gasteiger partial charge in [-0.1, -0.05) is 48.5 Å². The van der Waals surface area contributed by atoms with E-state index in [9.17, 15) is 0 Å². The minimum atomic E-state index is 0. The van der Waals surface area contributed by atoms with Crippen molar-refractivity contribution in [3.63, 3.8) is 0 Å². The van der Waals surface area contributed by atoms with Gasteiger partial charge in [-0.15, -0.1) is 0 Å². The summed E-state index contributed by atoms with van der Waals surface area (Å²) >= 11 is 0. The fraction of sp³-hybridized carbons (Fsp3) is 0.0435. The maximum atomic E-state index is 5.42. The van der Waals surface area contributed by atoms with Crippen molar-refractivity contribution in [1.82, 2.24) is 9.97 Å². The van der Waals surface area contributed by atoms with Gasteiger partial charge in [0.05, 0.1) is 18.3 Å². The van der Waals surface area contributed by atoms with Gasteiger partial charge in [-0.25, -0.2) is 4.98 Å². The molecule has 144 valence electrons. The summed E-state index contributed by atoms with van der Waals surface area (Å²) < 4.78 is 5.42. The predicted octanol–water partition coefficient (Wildman–Crippen LogP) is 2.74. The van der Waals surface area contributed by atoms with Crippen LogP contribution in [0.25, 0.3) is 21.7 Å². The first kappa shape index (κ1) is 18.8. The third kappa shape index (κ3) is 3.86. The van der Waals surface area contributed by atoms with E-state index in [0.29, 0.717) is 12.5 Å². The number of anilines is 3. The SMILES string of the molecule is [Cl-].c1coc(CNc2nc(Nc3cccc4ccccc34)nc3ccccc23)c1. The molecule has 0 amide bonds. The van der Waals surface area contributed by atoms with Crippen LogP contribution in [-0.2, 0) is 6.54 Å². The molecule has 2 N–H and O–H groups in total. The van der Waals surface area contributed by atoms with Crippen LogP contribution in [0.3, 0.4) is 0 Å². The molecule has 29 heavy (non-hydrogen) atoms. The lowest BCUT2D eigenvalue weighted by molar-refractivity contribution is -0.00000607. The first-order valence-electron chi connectivity index (χ1n) is 9.15. The molecule has 0 radical (unpaired) electrons. The Labute approximate surface area is 174 Å². The fourth-order valence-corrected chi connectivity index (χ4v) is 3.31. The van der Waals surface area contributed by atoms with E-state index in [1.807, 2.05) is 60.7 Å². The van der Waals surface area contributed by atoms with Crippen molar-refractivity contribution in [1.29, 1.82) is 0 Å². The van der Waals surface area contributed by atoms with Gasteiger partial charge in [-0.05, 0) is 35.7 Å². The van der Waals surface area contributed by atoms with Crippen LogP contribution < -0.4 is 23.0 Å². The number of benzene rings is 3. The topological polar surface area (TPSA) is 63.0 Å². The van der Waals surface area contributed by atoms with Gasteiger partial charge in [0.25, 0.3) is 0 Å². The fourth-order valence-electron chi connectivity index (χ4n) is 3.31. The molecule has 2 aromatic heterocycles. The Hall–Kier alpha value is -3.57. The van der Waals surface area contributed by atoms with Gasteiger partial charge >= 0.3 is 0 Å². The molecular weight excluding hydrogens is 384 g/mol. The summed E-state index contributed by atoms with van der Waals surface area (Å²) in [5, 5.41) is 10.0. The second-order valence-corrected chi connectivity index (χ2v) is 6.50. The quantitative estimate of drug-likeness (QED) is 0.474. The van der Waals surface area contributed by atoms with E-state index in [2.05, 4.69) is 28.8 Å². The molecule has 0 atom stereocenters. The van der Waals surface area contributed by atoms with Gasteiger partial charge in [-0.2, -0.15) is 4.98 Å². The third-order valence-electron chi connectivity index (χ3n) is 4.65. The van der Waals surface area contributed by atoms with Crippen molar-refractivity contribution in [3.8, 4) is 0 Å². The lowest BCUT2D eigenvalue weighted by atomic mass is 10.1. The number of nitrogens with zero attached hydrogens (tertiary/aromatic N) is 2. The van der Waals surface area contributed by atoms with Gasteiger partial charge in [0, 0.05) is 16.5 Å². The van der Waals surface area contributed by atoms with E-state index >= 15 is 0 Å². The Morgan fingerprint density at radius 1 is 0.759 bits per heavy atom. The van der Waals surface area contributed by atoms with Crippen molar-refractivity contribution in [3.05, 3.63) is 90.9 Å².